The van der Waals surface area contributed by atoms with Gasteiger partial charge in [-0.3, -0.25) is 4.98 Å². The van der Waals surface area contributed by atoms with E-state index in [-0.39, 0.29) is 0 Å². The van der Waals surface area contributed by atoms with Crippen LogP contribution in [-0.4, -0.2) is 22.3 Å². The number of hydrogen-bond acceptors (Lipinski definition) is 4. The molecule has 0 saturated carbocycles. The molecule has 0 aliphatic heterocycles. The van der Waals surface area contributed by atoms with E-state index in [0.717, 1.165) is 5.69 Å². The lowest BCUT2D eigenvalue weighted by Crippen LogP contribution is -2.34. The van der Waals surface area contributed by atoms with Gasteiger partial charge in [0.1, 0.15) is 12.4 Å². The summed E-state index contributed by atoms with van der Waals surface area (Å²) in [5, 5.41) is 10.0. The number of rotatable bonds is 6. The van der Waals surface area contributed by atoms with Crippen LogP contribution in [0.3, 0.4) is 0 Å². The van der Waals surface area contributed by atoms with Crippen molar-refractivity contribution in [3.05, 3.63) is 24.0 Å². The highest BCUT2D eigenvalue weighted by Crippen LogP contribution is 2.17. The number of pyridine rings is 1. The minimum absolute atomic E-state index is 0.295. The number of hydrogen-bond donors (Lipinski definition) is 2. The molecular formula is C12H20N2O2. The van der Waals surface area contributed by atoms with Crippen molar-refractivity contribution in [1.29, 1.82) is 0 Å². The molecule has 4 heteroatoms. The molecule has 1 aromatic rings. The fourth-order valence-electron chi connectivity index (χ4n) is 1.29. The second-order valence-electron chi connectivity index (χ2n) is 3.91. The molecule has 90 valence electrons. The zero-order chi connectivity index (χ0) is 12.0. The van der Waals surface area contributed by atoms with Crippen LogP contribution in [0.25, 0.3) is 0 Å². The van der Waals surface area contributed by atoms with Crippen molar-refractivity contribution in [2.75, 3.05) is 6.61 Å². The third kappa shape index (κ3) is 3.47. The normalized spacial score (nSPS) is 11.5. The molecule has 0 atom stereocenters. The maximum absolute atomic E-state index is 10.0. The molecule has 16 heavy (non-hydrogen) atoms. The maximum atomic E-state index is 10.0. The van der Waals surface area contributed by atoms with Gasteiger partial charge in [-0.05, 0) is 25.0 Å². The summed E-state index contributed by atoms with van der Waals surface area (Å²) in [7, 11) is 0. The van der Waals surface area contributed by atoms with Crippen molar-refractivity contribution in [1.82, 2.24) is 4.98 Å². The molecule has 0 aliphatic rings. The third-order valence-corrected chi connectivity index (χ3v) is 2.83. The standard InChI is InChI=1S/C12H20N2O2/c1-3-12(15,4-2)9-16-11-6-5-10(7-13)14-8-11/h5-6,8,15H,3-4,7,9,13H2,1-2H3. The van der Waals surface area contributed by atoms with Crippen LogP contribution >= 0.6 is 0 Å². The molecule has 0 bridgehead atoms. The van der Waals surface area contributed by atoms with E-state index in [1.54, 1.807) is 6.20 Å². The summed E-state index contributed by atoms with van der Waals surface area (Å²) in [6.45, 7) is 4.61. The number of nitrogens with two attached hydrogens (primary N) is 1. The van der Waals surface area contributed by atoms with Gasteiger partial charge < -0.3 is 15.6 Å². The van der Waals surface area contributed by atoms with Gasteiger partial charge in [0.05, 0.1) is 17.5 Å². The Kier molecular flexibility index (Phi) is 4.71. The van der Waals surface area contributed by atoms with E-state index in [2.05, 4.69) is 4.98 Å². The molecule has 1 aromatic heterocycles. The highest BCUT2D eigenvalue weighted by molar-refractivity contribution is 5.19. The molecular weight excluding hydrogens is 204 g/mol. The number of ether oxygens (including phenoxy) is 1. The summed E-state index contributed by atoms with van der Waals surface area (Å²) in [4.78, 5) is 4.12. The SMILES string of the molecule is CCC(O)(CC)COc1ccc(CN)nc1. The van der Waals surface area contributed by atoms with Gasteiger partial charge in [0.15, 0.2) is 0 Å². The summed E-state index contributed by atoms with van der Waals surface area (Å²) >= 11 is 0. The summed E-state index contributed by atoms with van der Waals surface area (Å²) in [5.41, 5.74) is 5.53. The van der Waals surface area contributed by atoms with E-state index in [1.807, 2.05) is 26.0 Å². The van der Waals surface area contributed by atoms with Crippen molar-refractivity contribution in [3.8, 4) is 5.75 Å². The maximum Gasteiger partial charge on any atom is 0.137 e. The van der Waals surface area contributed by atoms with Gasteiger partial charge >= 0.3 is 0 Å². The largest absolute Gasteiger partial charge is 0.489 e. The Morgan fingerprint density at radius 1 is 1.38 bits per heavy atom. The second kappa shape index (κ2) is 5.82. The van der Waals surface area contributed by atoms with Gasteiger partial charge in [-0.2, -0.15) is 0 Å². The number of aromatic nitrogens is 1. The van der Waals surface area contributed by atoms with Gasteiger partial charge in [-0.25, -0.2) is 0 Å². The average Bonchev–Trinajstić information content (AvgIpc) is 2.36. The van der Waals surface area contributed by atoms with E-state index in [0.29, 0.717) is 31.7 Å². The van der Waals surface area contributed by atoms with Crippen LogP contribution < -0.4 is 10.5 Å². The molecule has 0 radical (unpaired) electrons. The van der Waals surface area contributed by atoms with Gasteiger partial charge in [-0.1, -0.05) is 13.8 Å². The van der Waals surface area contributed by atoms with Crippen LogP contribution in [0.5, 0.6) is 5.75 Å². The lowest BCUT2D eigenvalue weighted by molar-refractivity contribution is -0.0114. The molecule has 1 heterocycles. The molecule has 1 rings (SSSR count). The number of aliphatic hydroxyl groups is 1. The molecule has 0 amide bonds. The van der Waals surface area contributed by atoms with E-state index >= 15 is 0 Å². The summed E-state index contributed by atoms with van der Waals surface area (Å²) in [6, 6.07) is 3.65. The summed E-state index contributed by atoms with van der Waals surface area (Å²) in [5.74, 6) is 0.664. The minimum Gasteiger partial charge on any atom is -0.489 e. The van der Waals surface area contributed by atoms with Gasteiger partial charge in [0, 0.05) is 6.54 Å². The Labute approximate surface area is 96.5 Å². The quantitative estimate of drug-likeness (QED) is 0.767. The first kappa shape index (κ1) is 12.9. The van der Waals surface area contributed by atoms with Crippen LogP contribution in [0.15, 0.2) is 18.3 Å². The molecule has 3 N–H and O–H groups in total. The van der Waals surface area contributed by atoms with E-state index in [4.69, 9.17) is 10.5 Å². The smallest absolute Gasteiger partial charge is 0.137 e. The average molecular weight is 224 g/mol. The molecule has 4 nitrogen and oxygen atoms in total. The van der Waals surface area contributed by atoms with Crippen LogP contribution in [0, 0.1) is 0 Å². The highest BCUT2D eigenvalue weighted by Gasteiger charge is 2.22. The molecule has 0 aromatic carbocycles. The van der Waals surface area contributed by atoms with Crippen LogP contribution in [0.1, 0.15) is 32.4 Å². The van der Waals surface area contributed by atoms with Crippen molar-refractivity contribution < 1.29 is 9.84 Å². The fraction of sp³-hybridized carbons (Fsp3) is 0.583. The van der Waals surface area contributed by atoms with Crippen LogP contribution in [0.4, 0.5) is 0 Å². The van der Waals surface area contributed by atoms with Crippen molar-refractivity contribution in [3.63, 3.8) is 0 Å². The Hall–Kier alpha value is -1.13. The predicted molar refractivity (Wildman–Crippen MR) is 63.2 cm³/mol. The Morgan fingerprint density at radius 2 is 2.06 bits per heavy atom. The van der Waals surface area contributed by atoms with E-state index in [9.17, 15) is 5.11 Å². The topological polar surface area (TPSA) is 68.4 Å². The monoisotopic (exact) mass is 224 g/mol. The lowest BCUT2D eigenvalue weighted by Gasteiger charge is -2.24. The molecule has 0 aliphatic carbocycles. The Morgan fingerprint density at radius 3 is 2.50 bits per heavy atom. The predicted octanol–water partition coefficient (Wildman–Crippen LogP) is 1.47. The summed E-state index contributed by atoms with van der Waals surface area (Å²) in [6.07, 6.45) is 2.99. The van der Waals surface area contributed by atoms with Crippen molar-refractivity contribution >= 4 is 0 Å². The molecule has 0 saturated heterocycles. The lowest BCUT2D eigenvalue weighted by atomic mass is 9.99. The van der Waals surface area contributed by atoms with Crippen molar-refractivity contribution in [2.24, 2.45) is 5.73 Å². The van der Waals surface area contributed by atoms with Gasteiger partial charge in [0.2, 0.25) is 0 Å². The van der Waals surface area contributed by atoms with Crippen LogP contribution in [0.2, 0.25) is 0 Å². The van der Waals surface area contributed by atoms with Crippen LogP contribution in [-0.2, 0) is 6.54 Å². The van der Waals surface area contributed by atoms with E-state index in [1.165, 1.54) is 0 Å². The molecule has 0 fully saturated rings. The minimum atomic E-state index is -0.744. The van der Waals surface area contributed by atoms with Gasteiger partial charge in [-0.15, -0.1) is 0 Å². The first-order valence-corrected chi connectivity index (χ1v) is 5.63. The first-order valence-electron chi connectivity index (χ1n) is 5.63. The van der Waals surface area contributed by atoms with Crippen molar-refractivity contribution in [2.45, 2.75) is 38.8 Å². The zero-order valence-corrected chi connectivity index (χ0v) is 9.94. The third-order valence-electron chi connectivity index (χ3n) is 2.83. The second-order valence-corrected chi connectivity index (χ2v) is 3.91. The van der Waals surface area contributed by atoms with Gasteiger partial charge in [0.25, 0.3) is 0 Å². The Bertz CT molecular complexity index is 307. The van der Waals surface area contributed by atoms with E-state index < -0.39 is 5.60 Å². The zero-order valence-electron chi connectivity index (χ0n) is 9.94. The Balaban J connectivity index is 2.54. The molecule has 0 unspecified atom stereocenters. The summed E-state index contributed by atoms with van der Waals surface area (Å²) < 4.78 is 5.50. The highest BCUT2D eigenvalue weighted by atomic mass is 16.5. The first-order chi connectivity index (χ1) is 7.63. The fourth-order valence-corrected chi connectivity index (χ4v) is 1.29. The molecule has 0 spiro atoms. The number of nitrogens with zero attached hydrogens (tertiary/aromatic N) is 1.